The van der Waals surface area contributed by atoms with E-state index in [0.29, 0.717) is 6.42 Å². The summed E-state index contributed by atoms with van der Waals surface area (Å²) in [6.07, 6.45) is 2.82. The monoisotopic (exact) mass is 174 g/mol. The highest BCUT2D eigenvalue weighted by Crippen LogP contribution is 1.95. The van der Waals surface area contributed by atoms with Crippen molar-refractivity contribution in [1.29, 1.82) is 5.26 Å². The van der Waals surface area contributed by atoms with Gasteiger partial charge in [-0.3, -0.25) is 0 Å². The summed E-state index contributed by atoms with van der Waals surface area (Å²) in [5.41, 5.74) is 0. The molecule has 0 amide bonds. The summed E-state index contributed by atoms with van der Waals surface area (Å²) >= 11 is 5.52. The molecule has 64 valence electrons. The smallest absolute Gasteiger partial charge is 0.0635 e. The lowest BCUT2D eigenvalue weighted by Crippen LogP contribution is -2.20. The minimum atomic E-state index is 0.622. The van der Waals surface area contributed by atoms with E-state index in [0.717, 1.165) is 31.8 Å². The highest BCUT2D eigenvalue weighted by Gasteiger charge is 1.95. The molecular weight excluding hydrogens is 160 g/mol. The van der Waals surface area contributed by atoms with E-state index in [4.69, 9.17) is 16.9 Å². The van der Waals surface area contributed by atoms with Gasteiger partial charge in [-0.2, -0.15) is 5.26 Å². The van der Waals surface area contributed by atoms with Crippen LogP contribution < -0.4 is 0 Å². The van der Waals surface area contributed by atoms with Crippen LogP contribution in [0.15, 0.2) is 0 Å². The summed E-state index contributed by atoms with van der Waals surface area (Å²) in [5.74, 6) is 0.742. The predicted molar refractivity (Wildman–Crippen MR) is 47.7 cm³/mol. The van der Waals surface area contributed by atoms with Crippen LogP contribution in [0.3, 0.4) is 0 Å². The van der Waals surface area contributed by atoms with Crippen LogP contribution >= 0.6 is 11.6 Å². The van der Waals surface area contributed by atoms with E-state index in [-0.39, 0.29) is 0 Å². The van der Waals surface area contributed by atoms with Crippen molar-refractivity contribution in [2.45, 2.75) is 19.3 Å². The summed E-state index contributed by atoms with van der Waals surface area (Å²) in [6.45, 7) is 1.92. The summed E-state index contributed by atoms with van der Waals surface area (Å²) in [7, 11) is 2.03. The van der Waals surface area contributed by atoms with E-state index in [2.05, 4.69) is 11.0 Å². The fourth-order valence-electron chi connectivity index (χ4n) is 0.829. The molecular formula is C8H15ClN2. The lowest BCUT2D eigenvalue weighted by molar-refractivity contribution is 0.336. The first-order valence-electron chi connectivity index (χ1n) is 3.92. The van der Waals surface area contributed by atoms with Gasteiger partial charge < -0.3 is 4.90 Å². The second-order valence-corrected chi connectivity index (χ2v) is 2.99. The Morgan fingerprint density at radius 1 is 1.36 bits per heavy atom. The van der Waals surface area contributed by atoms with E-state index in [1.807, 2.05) is 7.05 Å². The lowest BCUT2D eigenvalue weighted by atomic mass is 10.3. The van der Waals surface area contributed by atoms with E-state index >= 15 is 0 Å². The largest absolute Gasteiger partial charge is 0.305 e. The number of unbranched alkanes of at least 4 members (excludes halogenated alkanes) is 1. The zero-order valence-electron chi connectivity index (χ0n) is 7.02. The van der Waals surface area contributed by atoms with Gasteiger partial charge in [0, 0.05) is 18.8 Å². The number of alkyl halides is 1. The predicted octanol–water partition coefficient (Wildman–Crippen LogP) is 1.85. The average Bonchev–Trinajstić information content (AvgIpc) is 2.01. The van der Waals surface area contributed by atoms with Gasteiger partial charge in [0.15, 0.2) is 0 Å². The van der Waals surface area contributed by atoms with E-state index < -0.39 is 0 Å². The number of halogens is 1. The van der Waals surface area contributed by atoms with Gasteiger partial charge in [0.1, 0.15) is 0 Å². The van der Waals surface area contributed by atoms with Crippen LogP contribution in [0.5, 0.6) is 0 Å². The third-order valence-electron chi connectivity index (χ3n) is 1.53. The fourth-order valence-corrected chi connectivity index (χ4v) is 1.02. The van der Waals surface area contributed by atoms with Crippen LogP contribution in [-0.2, 0) is 0 Å². The van der Waals surface area contributed by atoms with Gasteiger partial charge in [0.05, 0.1) is 6.07 Å². The fraction of sp³-hybridized carbons (Fsp3) is 0.875. The molecule has 0 saturated heterocycles. The summed E-state index contributed by atoms with van der Waals surface area (Å²) in [6, 6.07) is 2.12. The first-order valence-corrected chi connectivity index (χ1v) is 4.46. The molecule has 2 nitrogen and oxygen atoms in total. The van der Waals surface area contributed by atoms with Gasteiger partial charge in [-0.1, -0.05) is 0 Å². The molecule has 0 aromatic carbocycles. The van der Waals surface area contributed by atoms with Crippen LogP contribution in [-0.4, -0.2) is 30.9 Å². The molecule has 0 rings (SSSR count). The molecule has 0 fully saturated rings. The molecule has 0 radical (unpaired) electrons. The minimum absolute atomic E-state index is 0.622. The van der Waals surface area contributed by atoms with Gasteiger partial charge in [0.2, 0.25) is 0 Å². The molecule has 0 unspecified atom stereocenters. The van der Waals surface area contributed by atoms with Crippen LogP contribution in [0.4, 0.5) is 0 Å². The van der Waals surface area contributed by atoms with Crippen molar-refractivity contribution in [3.05, 3.63) is 0 Å². The maximum atomic E-state index is 8.29. The average molecular weight is 175 g/mol. The van der Waals surface area contributed by atoms with Gasteiger partial charge in [-0.25, -0.2) is 0 Å². The van der Waals surface area contributed by atoms with Gasteiger partial charge in [0.25, 0.3) is 0 Å². The number of hydrogen-bond donors (Lipinski definition) is 0. The molecule has 3 heteroatoms. The van der Waals surface area contributed by atoms with Crippen LogP contribution in [0.1, 0.15) is 19.3 Å². The number of nitriles is 1. The molecule has 0 aliphatic rings. The standard InChI is InChI=1S/C8H15ClN2/c1-11(8-4-6-10)7-3-2-5-9/h2-5,7-8H2,1H3. The quantitative estimate of drug-likeness (QED) is 0.454. The zero-order valence-corrected chi connectivity index (χ0v) is 7.77. The Labute approximate surface area is 73.7 Å². The minimum Gasteiger partial charge on any atom is -0.305 e. The Morgan fingerprint density at radius 2 is 2.09 bits per heavy atom. The zero-order chi connectivity index (χ0) is 8.53. The second-order valence-electron chi connectivity index (χ2n) is 2.61. The molecule has 0 atom stereocenters. The van der Waals surface area contributed by atoms with Crippen molar-refractivity contribution in [2.75, 3.05) is 26.0 Å². The molecule has 0 aliphatic carbocycles. The molecule has 11 heavy (non-hydrogen) atoms. The maximum Gasteiger partial charge on any atom is 0.0635 e. The molecule has 0 aromatic heterocycles. The van der Waals surface area contributed by atoms with Crippen molar-refractivity contribution in [3.63, 3.8) is 0 Å². The van der Waals surface area contributed by atoms with Crippen molar-refractivity contribution >= 4 is 11.6 Å². The Bertz CT molecular complexity index is 120. The molecule has 0 spiro atoms. The topological polar surface area (TPSA) is 27.0 Å². The van der Waals surface area contributed by atoms with E-state index in [9.17, 15) is 0 Å². The number of hydrogen-bond acceptors (Lipinski definition) is 2. The normalized spacial score (nSPS) is 10.0. The van der Waals surface area contributed by atoms with Crippen LogP contribution in [0, 0.1) is 11.3 Å². The summed E-state index contributed by atoms with van der Waals surface area (Å²) in [5, 5.41) is 8.29. The Morgan fingerprint density at radius 3 is 2.64 bits per heavy atom. The highest BCUT2D eigenvalue weighted by atomic mass is 35.5. The summed E-state index contributed by atoms with van der Waals surface area (Å²) in [4.78, 5) is 2.16. The second kappa shape index (κ2) is 7.84. The molecule has 0 saturated carbocycles. The third kappa shape index (κ3) is 7.64. The van der Waals surface area contributed by atoms with Crippen molar-refractivity contribution in [1.82, 2.24) is 4.90 Å². The van der Waals surface area contributed by atoms with Crippen LogP contribution in [0.25, 0.3) is 0 Å². The molecule has 0 aliphatic heterocycles. The molecule has 0 bridgehead atoms. The lowest BCUT2D eigenvalue weighted by Gasteiger charge is -2.13. The van der Waals surface area contributed by atoms with E-state index in [1.165, 1.54) is 0 Å². The first kappa shape index (κ1) is 10.7. The SMILES string of the molecule is CN(CCC#N)CCCCCl. The third-order valence-corrected chi connectivity index (χ3v) is 1.80. The Hall–Kier alpha value is -0.260. The molecule has 0 heterocycles. The van der Waals surface area contributed by atoms with Crippen molar-refractivity contribution in [3.8, 4) is 6.07 Å². The van der Waals surface area contributed by atoms with Crippen molar-refractivity contribution < 1.29 is 0 Å². The van der Waals surface area contributed by atoms with Gasteiger partial charge in [-0.05, 0) is 26.4 Å². The van der Waals surface area contributed by atoms with Crippen LogP contribution in [0.2, 0.25) is 0 Å². The Kier molecular flexibility index (Phi) is 7.66. The summed E-state index contributed by atoms with van der Waals surface area (Å²) < 4.78 is 0. The maximum absolute atomic E-state index is 8.29. The Balaban J connectivity index is 3.10. The molecule has 0 N–H and O–H groups in total. The van der Waals surface area contributed by atoms with Gasteiger partial charge in [-0.15, -0.1) is 11.6 Å². The highest BCUT2D eigenvalue weighted by molar-refractivity contribution is 6.17. The van der Waals surface area contributed by atoms with Gasteiger partial charge >= 0.3 is 0 Å². The van der Waals surface area contributed by atoms with E-state index in [1.54, 1.807) is 0 Å². The first-order chi connectivity index (χ1) is 5.31. The number of rotatable bonds is 6. The number of nitrogens with zero attached hydrogens (tertiary/aromatic N) is 2. The molecule has 0 aromatic rings. The van der Waals surface area contributed by atoms with Crippen molar-refractivity contribution in [2.24, 2.45) is 0 Å².